The minimum atomic E-state index is -4.44. The van der Waals surface area contributed by atoms with Gasteiger partial charge >= 0.3 is 6.18 Å². The molecule has 30 heavy (non-hydrogen) atoms. The number of hydrogen-bond acceptors (Lipinski definition) is 4. The van der Waals surface area contributed by atoms with E-state index in [9.17, 15) is 13.2 Å². The lowest BCUT2D eigenvalue weighted by molar-refractivity contribution is -0.139. The Morgan fingerprint density at radius 2 is 1.80 bits per heavy atom. The number of nitrogens with zero attached hydrogens (tertiary/aromatic N) is 1. The van der Waals surface area contributed by atoms with Crippen LogP contribution in [0.2, 0.25) is 0 Å². The normalized spacial score (nSPS) is 15.1. The number of hydrogen-bond donors (Lipinski definition) is 2. The van der Waals surface area contributed by atoms with Crippen LogP contribution in [0.25, 0.3) is 0 Å². The molecule has 0 aromatic heterocycles. The van der Waals surface area contributed by atoms with Crippen LogP contribution in [-0.4, -0.2) is 31.1 Å². The lowest BCUT2D eigenvalue weighted by Gasteiger charge is -2.30. The molecule has 1 heterocycles. The number of rotatable bonds is 4. The Balaban J connectivity index is 0.000000297. The number of anilines is 2. The van der Waals surface area contributed by atoms with Crippen molar-refractivity contribution in [1.82, 2.24) is 4.90 Å². The summed E-state index contributed by atoms with van der Waals surface area (Å²) >= 11 is 0. The summed E-state index contributed by atoms with van der Waals surface area (Å²) in [4.78, 5) is 2.14. The van der Waals surface area contributed by atoms with Crippen LogP contribution in [0.1, 0.15) is 29.5 Å². The molecule has 0 amide bonds. The first-order valence-corrected chi connectivity index (χ1v) is 9.86. The number of ether oxygens (including phenoxy) is 1. The van der Waals surface area contributed by atoms with E-state index in [0.717, 1.165) is 43.2 Å². The first-order chi connectivity index (χ1) is 14.1. The maximum atomic E-state index is 13.1. The maximum Gasteiger partial charge on any atom is 0.420 e. The molecule has 3 rings (SSSR count). The average molecular weight is 422 g/mol. The van der Waals surface area contributed by atoms with Crippen LogP contribution in [0.5, 0.6) is 5.75 Å². The summed E-state index contributed by atoms with van der Waals surface area (Å²) in [6, 6.07) is 10.0. The van der Waals surface area contributed by atoms with Crippen molar-refractivity contribution < 1.29 is 17.9 Å². The summed E-state index contributed by atoms with van der Waals surface area (Å²) in [7, 11) is 1.99. The van der Waals surface area contributed by atoms with Crippen LogP contribution < -0.4 is 15.8 Å². The molecule has 1 aliphatic rings. The van der Waals surface area contributed by atoms with Gasteiger partial charge in [0.05, 0.1) is 5.56 Å². The Morgan fingerprint density at radius 3 is 2.33 bits per heavy atom. The molecule has 0 unspecified atom stereocenters. The van der Waals surface area contributed by atoms with Crippen LogP contribution in [-0.2, 0) is 6.18 Å². The molecule has 3 N–H and O–H groups in total. The first kappa shape index (κ1) is 23.6. The van der Waals surface area contributed by atoms with Gasteiger partial charge in [0.15, 0.2) is 0 Å². The number of aryl methyl sites for hydroxylation is 2. The van der Waals surface area contributed by atoms with E-state index < -0.39 is 11.7 Å². The van der Waals surface area contributed by atoms with Gasteiger partial charge in [-0.05, 0) is 75.3 Å². The molecule has 1 fully saturated rings. The number of nitrogens with two attached hydrogens (primary N) is 1. The van der Waals surface area contributed by atoms with E-state index in [-0.39, 0.29) is 11.9 Å². The highest BCUT2D eigenvalue weighted by Gasteiger charge is 2.35. The second-order valence-electron chi connectivity index (χ2n) is 7.54. The Morgan fingerprint density at radius 1 is 1.13 bits per heavy atom. The summed E-state index contributed by atoms with van der Waals surface area (Å²) in [5.74, 6) is -0.105. The molecule has 0 atom stereocenters. The average Bonchev–Trinajstić information content (AvgIpc) is 2.68. The number of nitrogens with one attached hydrogen (secondary N) is 1. The Kier molecular flexibility index (Phi) is 8.17. The van der Waals surface area contributed by atoms with Gasteiger partial charge in [-0.25, -0.2) is 0 Å². The van der Waals surface area contributed by atoms with Crippen LogP contribution >= 0.6 is 0 Å². The largest absolute Gasteiger partial charge is 0.490 e. The van der Waals surface area contributed by atoms with Crippen LogP contribution in [0.3, 0.4) is 0 Å². The van der Waals surface area contributed by atoms with Crippen LogP contribution in [0.15, 0.2) is 49.2 Å². The molecular formula is C23H30F3N3O. The lowest BCUT2D eigenvalue weighted by atomic mass is 10.1. The number of alkyl halides is 3. The zero-order valence-electron chi connectivity index (χ0n) is 17.7. The van der Waals surface area contributed by atoms with Crippen molar-refractivity contribution in [2.45, 2.75) is 39.0 Å². The molecule has 0 bridgehead atoms. The number of benzene rings is 2. The van der Waals surface area contributed by atoms with Crippen molar-refractivity contribution in [2.24, 2.45) is 0 Å². The van der Waals surface area contributed by atoms with Gasteiger partial charge in [0.2, 0.25) is 0 Å². The fourth-order valence-electron chi connectivity index (χ4n) is 3.10. The van der Waals surface area contributed by atoms with E-state index in [0.29, 0.717) is 5.69 Å². The predicted molar refractivity (Wildman–Crippen MR) is 117 cm³/mol. The molecule has 0 radical (unpaired) electrons. The monoisotopic (exact) mass is 421 g/mol. The molecule has 2 aromatic rings. The number of halogens is 3. The zero-order chi connectivity index (χ0) is 22.3. The molecule has 7 heteroatoms. The highest BCUT2D eigenvalue weighted by Crippen LogP contribution is 2.38. The highest BCUT2D eigenvalue weighted by atomic mass is 19.4. The van der Waals surface area contributed by atoms with Crippen molar-refractivity contribution in [1.29, 1.82) is 0 Å². The van der Waals surface area contributed by atoms with Gasteiger partial charge < -0.3 is 20.7 Å². The summed E-state index contributed by atoms with van der Waals surface area (Å²) < 4.78 is 45.0. The van der Waals surface area contributed by atoms with Crippen molar-refractivity contribution in [3.05, 3.63) is 65.9 Å². The molecule has 4 nitrogen and oxygen atoms in total. The van der Waals surface area contributed by atoms with Crippen molar-refractivity contribution in [2.75, 3.05) is 31.2 Å². The van der Waals surface area contributed by atoms with E-state index in [4.69, 9.17) is 10.5 Å². The molecular weight excluding hydrogens is 391 g/mol. The van der Waals surface area contributed by atoms with E-state index in [2.05, 4.69) is 22.9 Å². The number of nitrogen functional groups attached to an aromatic ring is 1. The summed E-state index contributed by atoms with van der Waals surface area (Å²) in [5.41, 5.74) is 8.46. The van der Waals surface area contributed by atoms with Gasteiger partial charge in [0.25, 0.3) is 0 Å². The fourth-order valence-corrected chi connectivity index (χ4v) is 3.10. The van der Waals surface area contributed by atoms with Gasteiger partial charge in [0, 0.05) is 24.5 Å². The molecule has 0 aliphatic carbocycles. The topological polar surface area (TPSA) is 50.5 Å². The second kappa shape index (κ2) is 10.4. The molecule has 1 saturated heterocycles. The third kappa shape index (κ3) is 6.99. The third-order valence-electron chi connectivity index (χ3n) is 4.95. The number of likely N-dealkylation sites (tertiary alicyclic amines) is 1. The summed E-state index contributed by atoms with van der Waals surface area (Å²) in [6.07, 6.45) is -1.80. The van der Waals surface area contributed by atoms with Gasteiger partial charge in [0.1, 0.15) is 11.9 Å². The fraction of sp³-hybridized carbons (Fsp3) is 0.391. The van der Waals surface area contributed by atoms with Gasteiger partial charge in [-0.3, -0.25) is 0 Å². The Bertz CT molecular complexity index is 844. The molecule has 164 valence electrons. The van der Waals surface area contributed by atoms with Crippen molar-refractivity contribution in [3.63, 3.8) is 0 Å². The SMILES string of the molecule is C=CNc1ccc(OC2CCN(C)CC2)c(C(F)(F)F)c1.Cc1ccc(C)c(N)c1. The van der Waals surface area contributed by atoms with E-state index in [1.54, 1.807) is 6.07 Å². The molecule has 0 spiro atoms. The van der Waals surface area contributed by atoms with Gasteiger partial charge in [-0.1, -0.05) is 18.7 Å². The molecule has 2 aromatic carbocycles. The van der Waals surface area contributed by atoms with E-state index in [1.807, 2.05) is 33.0 Å². The van der Waals surface area contributed by atoms with Gasteiger partial charge in [-0.15, -0.1) is 0 Å². The highest BCUT2D eigenvalue weighted by molar-refractivity contribution is 5.53. The Hall–Kier alpha value is -2.67. The second-order valence-corrected chi connectivity index (χ2v) is 7.54. The van der Waals surface area contributed by atoms with Crippen molar-refractivity contribution >= 4 is 11.4 Å². The summed E-state index contributed by atoms with van der Waals surface area (Å²) in [6.45, 7) is 9.16. The zero-order valence-corrected chi connectivity index (χ0v) is 17.7. The number of piperidine rings is 1. The lowest BCUT2D eigenvalue weighted by Crippen LogP contribution is -2.36. The minimum Gasteiger partial charge on any atom is -0.490 e. The standard InChI is InChI=1S/C15H19F3N2O.C8H11N/c1-3-19-11-4-5-14(13(10-11)15(16,17)18)21-12-6-8-20(2)9-7-12;1-6-3-4-7(2)8(9)5-6/h3-5,10,12,19H,1,6-9H2,2H3;3-5H,9H2,1-2H3. The maximum absolute atomic E-state index is 13.1. The van der Waals surface area contributed by atoms with E-state index >= 15 is 0 Å². The van der Waals surface area contributed by atoms with Crippen LogP contribution in [0.4, 0.5) is 24.5 Å². The third-order valence-corrected chi connectivity index (χ3v) is 4.95. The van der Waals surface area contributed by atoms with E-state index in [1.165, 1.54) is 17.8 Å². The summed E-state index contributed by atoms with van der Waals surface area (Å²) in [5, 5.41) is 2.66. The Labute approximate surface area is 176 Å². The molecule has 1 aliphatic heterocycles. The van der Waals surface area contributed by atoms with Crippen molar-refractivity contribution in [3.8, 4) is 5.75 Å². The quantitative estimate of drug-likeness (QED) is 0.629. The molecule has 0 saturated carbocycles. The smallest absolute Gasteiger partial charge is 0.420 e. The first-order valence-electron chi connectivity index (χ1n) is 9.86. The van der Waals surface area contributed by atoms with Gasteiger partial charge in [-0.2, -0.15) is 13.2 Å². The van der Waals surface area contributed by atoms with Crippen LogP contribution in [0, 0.1) is 13.8 Å². The predicted octanol–water partition coefficient (Wildman–Crippen LogP) is 5.62. The minimum absolute atomic E-state index is 0.105.